The molecule has 2 heteroatoms. The molecule has 0 radical (unpaired) electrons. The van der Waals surface area contributed by atoms with E-state index in [4.69, 9.17) is 4.74 Å². The van der Waals surface area contributed by atoms with E-state index in [2.05, 4.69) is 58.1 Å². The molecule has 0 fully saturated rings. The average molecular weight is 221 g/mol. The van der Waals surface area contributed by atoms with Gasteiger partial charge in [0, 0.05) is 18.2 Å². The minimum absolute atomic E-state index is 0.222. The highest BCUT2D eigenvalue weighted by molar-refractivity contribution is 5.37. The first-order valence-electron chi connectivity index (χ1n) is 5.98. The SMILES string of the molecule is Cc1ccc(CNC(C)C)c(OC(C)C)c1. The van der Waals surface area contributed by atoms with Gasteiger partial charge in [0.05, 0.1) is 6.10 Å². The summed E-state index contributed by atoms with van der Waals surface area (Å²) in [6, 6.07) is 6.87. The summed E-state index contributed by atoms with van der Waals surface area (Å²) in [5.41, 5.74) is 2.47. The predicted molar refractivity (Wildman–Crippen MR) is 68.9 cm³/mol. The highest BCUT2D eigenvalue weighted by atomic mass is 16.5. The Hall–Kier alpha value is -1.02. The van der Waals surface area contributed by atoms with Crippen LogP contribution in [-0.2, 0) is 6.54 Å². The van der Waals surface area contributed by atoms with Crippen molar-refractivity contribution >= 4 is 0 Å². The molecule has 0 aromatic heterocycles. The lowest BCUT2D eigenvalue weighted by Gasteiger charge is -2.16. The molecule has 0 atom stereocenters. The Labute approximate surface area is 99.0 Å². The second-order valence-electron chi connectivity index (χ2n) is 4.81. The molecule has 1 aromatic carbocycles. The molecule has 0 saturated carbocycles. The van der Waals surface area contributed by atoms with Gasteiger partial charge in [0.1, 0.15) is 5.75 Å². The van der Waals surface area contributed by atoms with Gasteiger partial charge in [0.15, 0.2) is 0 Å². The fraction of sp³-hybridized carbons (Fsp3) is 0.571. The maximum absolute atomic E-state index is 5.82. The van der Waals surface area contributed by atoms with Crippen LogP contribution in [0, 0.1) is 6.92 Å². The van der Waals surface area contributed by atoms with Crippen molar-refractivity contribution in [1.29, 1.82) is 0 Å². The molecule has 0 spiro atoms. The van der Waals surface area contributed by atoms with Crippen molar-refractivity contribution in [1.82, 2.24) is 5.32 Å². The lowest BCUT2D eigenvalue weighted by atomic mass is 10.1. The Morgan fingerprint density at radius 3 is 2.44 bits per heavy atom. The number of hydrogen-bond donors (Lipinski definition) is 1. The molecule has 16 heavy (non-hydrogen) atoms. The lowest BCUT2D eigenvalue weighted by Crippen LogP contribution is -2.22. The van der Waals surface area contributed by atoms with Crippen molar-refractivity contribution in [2.24, 2.45) is 0 Å². The van der Waals surface area contributed by atoms with Gasteiger partial charge in [-0.05, 0) is 32.4 Å². The first-order chi connectivity index (χ1) is 7.49. The Bertz CT molecular complexity index is 332. The Morgan fingerprint density at radius 1 is 1.19 bits per heavy atom. The van der Waals surface area contributed by atoms with E-state index in [1.807, 2.05) is 0 Å². The molecule has 2 nitrogen and oxygen atoms in total. The minimum Gasteiger partial charge on any atom is -0.491 e. The number of rotatable bonds is 5. The summed E-state index contributed by atoms with van der Waals surface area (Å²) in [7, 11) is 0. The van der Waals surface area contributed by atoms with Gasteiger partial charge in [-0.1, -0.05) is 26.0 Å². The molecular weight excluding hydrogens is 198 g/mol. The molecule has 1 rings (SSSR count). The molecule has 0 aliphatic carbocycles. The molecule has 0 aliphatic rings. The van der Waals surface area contributed by atoms with Crippen LogP contribution < -0.4 is 10.1 Å². The third-order valence-corrected chi connectivity index (χ3v) is 2.29. The summed E-state index contributed by atoms with van der Waals surface area (Å²) in [6.07, 6.45) is 0.222. The van der Waals surface area contributed by atoms with E-state index in [0.29, 0.717) is 6.04 Å². The maximum Gasteiger partial charge on any atom is 0.124 e. The second-order valence-corrected chi connectivity index (χ2v) is 4.81. The van der Waals surface area contributed by atoms with Crippen LogP contribution in [0.4, 0.5) is 0 Å². The van der Waals surface area contributed by atoms with Gasteiger partial charge < -0.3 is 10.1 Å². The maximum atomic E-state index is 5.82. The van der Waals surface area contributed by atoms with Gasteiger partial charge in [-0.3, -0.25) is 0 Å². The van der Waals surface area contributed by atoms with Crippen LogP contribution in [0.5, 0.6) is 5.75 Å². The third kappa shape index (κ3) is 4.23. The second kappa shape index (κ2) is 5.90. The van der Waals surface area contributed by atoms with Gasteiger partial charge in [-0.15, -0.1) is 0 Å². The smallest absolute Gasteiger partial charge is 0.124 e. The lowest BCUT2D eigenvalue weighted by molar-refractivity contribution is 0.239. The predicted octanol–water partition coefficient (Wildman–Crippen LogP) is 3.28. The largest absolute Gasteiger partial charge is 0.491 e. The van der Waals surface area contributed by atoms with E-state index < -0.39 is 0 Å². The van der Waals surface area contributed by atoms with Crippen molar-refractivity contribution in [2.75, 3.05) is 0 Å². The molecule has 0 aliphatic heterocycles. The molecule has 0 saturated heterocycles. The van der Waals surface area contributed by atoms with E-state index >= 15 is 0 Å². The van der Waals surface area contributed by atoms with Crippen LogP contribution >= 0.6 is 0 Å². The first-order valence-corrected chi connectivity index (χ1v) is 5.98. The molecular formula is C14H23NO. The zero-order valence-electron chi connectivity index (χ0n) is 11.0. The van der Waals surface area contributed by atoms with Crippen LogP contribution in [0.1, 0.15) is 38.8 Å². The molecule has 0 unspecified atom stereocenters. The Balaban J connectivity index is 2.80. The van der Waals surface area contributed by atoms with Gasteiger partial charge in [-0.25, -0.2) is 0 Å². The van der Waals surface area contributed by atoms with Crippen LogP contribution in [0.15, 0.2) is 18.2 Å². The standard InChI is InChI=1S/C14H23NO/c1-10(2)15-9-13-7-6-12(5)8-14(13)16-11(3)4/h6-8,10-11,15H,9H2,1-5H3. The quantitative estimate of drug-likeness (QED) is 0.824. The van der Waals surface area contributed by atoms with Crippen LogP contribution in [0.25, 0.3) is 0 Å². The molecule has 0 bridgehead atoms. The number of nitrogens with one attached hydrogen (secondary N) is 1. The van der Waals surface area contributed by atoms with E-state index in [9.17, 15) is 0 Å². The van der Waals surface area contributed by atoms with E-state index in [1.165, 1.54) is 11.1 Å². The number of benzene rings is 1. The highest BCUT2D eigenvalue weighted by Crippen LogP contribution is 2.21. The fourth-order valence-electron chi connectivity index (χ4n) is 1.49. The molecule has 0 heterocycles. The summed E-state index contributed by atoms with van der Waals surface area (Å²) >= 11 is 0. The molecule has 1 N–H and O–H groups in total. The highest BCUT2D eigenvalue weighted by Gasteiger charge is 2.06. The van der Waals surface area contributed by atoms with E-state index in [-0.39, 0.29) is 6.10 Å². The third-order valence-electron chi connectivity index (χ3n) is 2.29. The molecule has 1 aromatic rings. The van der Waals surface area contributed by atoms with Crippen molar-refractivity contribution < 1.29 is 4.74 Å². The van der Waals surface area contributed by atoms with Crippen molar-refractivity contribution in [3.63, 3.8) is 0 Å². The van der Waals surface area contributed by atoms with Gasteiger partial charge in [0.2, 0.25) is 0 Å². The van der Waals surface area contributed by atoms with Crippen molar-refractivity contribution in [2.45, 2.75) is 53.3 Å². The number of aryl methyl sites for hydroxylation is 1. The number of hydrogen-bond acceptors (Lipinski definition) is 2. The monoisotopic (exact) mass is 221 g/mol. The van der Waals surface area contributed by atoms with Crippen molar-refractivity contribution in [3.8, 4) is 5.75 Å². The summed E-state index contributed by atoms with van der Waals surface area (Å²) in [4.78, 5) is 0. The molecule has 0 amide bonds. The Morgan fingerprint density at radius 2 is 1.88 bits per heavy atom. The number of ether oxygens (including phenoxy) is 1. The summed E-state index contributed by atoms with van der Waals surface area (Å²) in [5.74, 6) is 1.00. The van der Waals surface area contributed by atoms with Crippen LogP contribution in [-0.4, -0.2) is 12.1 Å². The summed E-state index contributed by atoms with van der Waals surface area (Å²) < 4.78 is 5.82. The zero-order chi connectivity index (χ0) is 12.1. The van der Waals surface area contributed by atoms with E-state index in [0.717, 1.165) is 12.3 Å². The van der Waals surface area contributed by atoms with Gasteiger partial charge in [0.25, 0.3) is 0 Å². The van der Waals surface area contributed by atoms with E-state index in [1.54, 1.807) is 0 Å². The molecule has 90 valence electrons. The van der Waals surface area contributed by atoms with Gasteiger partial charge >= 0.3 is 0 Å². The summed E-state index contributed by atoms with van der Waals surface area (Å²) in [5, 5.41) is 3.41. The van der Waals surface area contributed by atoms with Crippen molar-refractivity contribution in [3.05, 3.63) is 29.3 Å². The van der Waals surface area contributed by atoms with Gasteiger partial charge in [-0.2, -0.15) is 0 Å². The normalized spacial score (nSPS) is 11.2. The fourth-order valence-corrected chi connectivity index (χ4v) is 1.49. The first kappa shape index (κ1) is 13.0. The topological polar surface area (TPSA) is 21.3 Å². The zero-order valence-corrected chi connectivity index (χ0v) is 11.0. The Kier molecular flexibility index (Phi) is 4.81. The van der Waals surface area contributed by atoms with Crippen LogP contribution in [0.3, 0.4) is 0 Å². The van der Waals surface area contributed by atoms with Crippen LogP contribution in [0.2, 0.25) is 0 Å². The summed E-state index contributed by atoms with van der Waals surface area (Å²) in [6.45, 7) is 11.4. The average Bonchev–Trinajstić information content (AvgIpc) is 2.15. The minimum atomic E-state index is 0.222.